The van der Waals surface area contributed by atoms with E-state index in [9.17, 15) is 4.79 Å². The Kier molecular flexibility index (Phi) is 4.15. The van der Waals surface area contributed by atoms with Crippen LogP contribution in [0.15, 0.2) is 36.4 Å². The van der Waals surface area contributed by atoms with Gasteiger partial charge in [-0.1, -0.05) is 11.6 Å². The van der Waals surface area contributed by atoms with Gasteiger partial charge in [0, 0.05) is 11.1 Å². The Bertz CT molecular complexity index is 656. The summed E-state index contributed by atoms with van der Waals surface area (Å²) in [7, 11) is 3.06. The number of halogens is 1. The summed E-state index contributed by atoms with van der Waals surface area (Å²) in [5, 5.41) is 0.358. The van der Waals surface area contributed by atoms with Gasteiger partial charge in [0.15, 0.2) is 17.3 Å². The predicted molar refractivity (Wildman–Crippen MR) is 78.8 cm³/mol. The molecule has 0 aliphatic carbocycles. The fraction of sp³-hybridized carbons (Fsp3) is 0.133. The van der Waals surface area contributed by atoms with Crippen molar-refractivity contribution in [2.24, 2.45) is 0 Å². The van der Waals surface area contributed by atoms with Crippen LogP contribution in [0.1, 0.15) is 15.9 Å². The van der Waals surface area contributed by atoms with Crippen molar-refractivity contribution in [1.82, 2.24) is 0 Å². The van der Waals surface area contributed by atoms with Crippen LogP contribution in [-0.2, 0) is 0 Å². The van der Waals surface area contributed by atoms with Gasteiger partial charge < -0.3 is 15.2 Å². The first-order valence-electron chi connectivity index (χ1n) is 5.88. The molecule has 20 heavy (non-hydrogen) atoms. The maximum absolute atomic E-state index is 12.4. The Hall–Kier alpha value is -2.20. The third-order valence-electron chi connectivity index (χ3n) is 2.91. The van der Waals surface area contributed by atoms with Gasteiger partial charge in [0.2, 0.25) is 0 Å². The first-order valence-corrected chi connectivity index (χ1v) is 6.26. The second kappa shape index (κ2) is 5.84. The number of hydrogen-bond acceptors (Lipinski definition) is 4. The number of carbonyl (C=O) groups is 1. The molecule has 0 amide bonds. The molecule has 0 unspecified atom stereocenters. The predicted octanol–water partition coefficient (Wildman–Crippen LogP) is 3.17. The molecule has 0 radical (unpaired) electrons. The monoisotopic (exact) mass is 291 g/mol. The number of hydrogen-bond donors (Lipinski definition) is 1. The molecule has 0 saturated heterocycles. The molecule has 2 aromatic carbocycles. The van der Waals surface area contributed by atoms with Gasteiger partial charge in [-0.2, -0.15) is 0 Å². The van der Waals surface area contributed by atoms with Crippen LogP contribution in [0.3, 0.4) is 0 Å². The Morgan fingerprint density at radius 3 is 2.20 bits per heavy atom. The summed E-state index contributed by atoms with van der Waals surface area (Å²) >= 11 is 5.93. The lowest BCUT2D eigenvalue weighted by molar-refractivity contribution is 0.103. The third kappa shape index (κ3) is 2.70. The van der Waals surface area contributed by atoms with Gasteiger partial charge in [-0.25, -0.2) is 0 Å². The molecular weight excluding hydrogens is 278 g/mol. The average molecular weight is 292 g/mol. The van der Waals surface area contributed by atoms with E-state index in [4.69, 9.17) is 26.8 Å². The fourth-order valence-corrected chi connectivity index (χ4v) is 1.99. The summed E-state index contributed by atoms with van der Waals surface area (Å²) in [5.74, 6) is 0.909. The molecule has 2 N–H and O–H groups in total. The molecule has 0 fully saturated rings. The zero-order valence-corrected chi connectivity index (χ0v) is 11.9. The number of rotatable bonds is 4. The molecule has 4 nitrogen and oxygen atoms in total. The summed E-state index contributed by atoms with van der Waals surface area (Å²) in [5.41, 5.74) is 7.03. The van der Waals surface area contributed by atoms with Crippen LogP contribution >= 0.6 is 11.6 Å². The van der Waals surface area contributed by atoms with Gasteiger partial charge in [0.25, 0.3) is 0 Å². The van der Waals surface area contributed by atoms with Gasteiger partial charge in [-0.3, -0.25) is 4.79 Å². The van der Waals surface area contributed by atoms with Crippen LogP contribution < -0.4 is 15.2 Å². The van der Waals surface area contributed by atoms with Gasteiger partial charge in [-0.05, 0) is 36.4 Å². The number of methoxy groups -OCH3 is 2. The lowest BCUT2D eigenvalue weighted by Crippen LogP contribution is -2.03. The maximum atomic E-state index is 12.4. The van der Waals surface area contributed by atoms with Crippen LogP contribution in [0.4, 0.5) is 5.69 Å². The highest BCUT2D eigenvalue weighted by Crippen LogP contribution is 2.29. The fourth-order valence-electron chi connectivity index (χ4n) is 1.81. The van der Waals surface area contributed by atoms with Gasteiger partial charge >= 0.3 is 0 Å². The minimum Gasteiger partial charge on any atom is -0.493 e. The highest BCUT2D eigenvalue weighted by molar-refractivity contribution is 6.33. The summed E-state index contributed by atoms with van der Waals surface area (Å²) in [6, 6.07) is 9.79. The molecule has 0 aliphatic heterocycles. The number of anilines is 1. The van der Waals surface area contributed by atoms with Gasteiger partial charge in [0.1, 0.15) is 0 Å². The molecule has 5 heteroatoms. The third-order valence-corrected chi connectivity index (χ3v) is 3.24. The number of ketones is 1. The molecule has 0 heterocycles. The Morgan fingerprint density at radius 2 is 1.60 bits per heavy atom. The average Bonchev–Trinajstić information content (AvgIpc) is 2.48. The minimum absolute atomic E-state index is 0.159. The van der Waals surface area contributed by atoms with E-state index in [0.29, 0.717) is 33.3 Å². The Morgan fingerprint density at radius 1 is 1.00 bits per heavy atom. The number of nitrogens with two attached hydrogens (primary N) is 1. The number of ether oxygens (including phenoxy) is 2. The van der Waals surface area contributed by atoms with Crippen LogP contribution in [0.2, 0.25) is 5.02 Å². The Labute approximate surface area is 122 Å². The van der Waals surface area contributed by atoms with E-state index in [1.54, 1.807) is 43.5 Å². The quantitative estimate of drug-likeness (QED) is 0.694. The van der Waals surface area contributed by atoms with Crippen LogP contribution in [-0.4, -0.2) is 20.0 Å². The number of nitrogen functional groups attached to an aromatic ring is 1. The van der Waals surface area contributed by atoms with Crippen molar-refractivity contribution in [3.8, 4) is 11.5 Å². The first-order chi connectivity index (χ1) is 9.56. The second-order valence-electron chi connectivity index (χ2n) is 4.14. The van der Waals surface area contributed by atoms with E-state index < -0.39 is 0 Å². The molecule has 2 rings (SSSR count). The zero-order valence-electron chi connectivity index (χ0n) is 11.1. The van der Waals surface area contributed by atoms with Crippen molar-refractivity contribution < 1.29 is 14.3 Å². The van der Waals surface area contributed by atoms with Crippen molar-refractivity contribution in [3.63, 3.8) is 0 Å². The van der Waals surface area contributed by atoms with Crippen LogP contribution in [0.25, 0.3) is 0 Å². The summed E-state index contributed by atoms with van der Waals surface area (Å²) in [6.45, 7) is 0. The summed E-state index contributed by atoms with van der Waals surface area (Å²) < 4.78 is 10.3. The topological polar surface area (TPSA) is 61.5 Å². The van der Waals surface area contributed by atoms with Gasteiger partial charge in [0.05, 0.1) is 24.9 Å². The lowest BCUT2D eigenvalue weighted by Gasteiger charge is -2.09. The molecule has 0 aliphatic rings. The van der Waals surface area contributed by atoms with Crippen molar-refractivity contribution in [3.05, 3.63) is 52.5 Å². The summed E-state index contributed by atoms with van der Waals surface area (Å²) in [4.78, 5) is 12.4. The minimum atomic E-state index is -0.159. The van der Waals surface area contributed by atoms with E-state index >= 15 is 0 Å². The van der Waals surface area contributed by atoms with E-state index in [1.165, 1.54) is 7.11 Å². The molecule has 0 spiro atoms. The number of carbonyl (C=O) groups excluding carboxylic acids is 1. The highest BCUT2D eigenvalue weighted by Gasteiger charge is 2.13. The van der Waals surface area contributed by atoms with Crippen LogP contribution in [0.5, 0.6) is 11.5 Å². The van der Waals surface area contributed by atoms with Crippen LogP contribution in [0, 0.1) is 0 Å². The first kappa shape index (κ1) is 14.2. The molecule has 2 aromatic rings. The zero-order chi connectivity index (χ0) is 14.7. The molecule has 0 bridgehead atoms. The van der Waals surface area contributed by atoms with E-state index in [-0.39, 0.29) is 5.78 Å². The smallest absolute Gasteiger partial charge is 0.193 e. The van der Waals surface area contributed by atoms with Crippen molar-refractivity contribution in [2.45, 2.75) is 0 Å². The Balaban J connectivity index is 2.40. The molecular formula is C15H14ClNO3. The largest absolute Gasteiger partial charge is 0.493 e. The van der Waals surface area contributed by atoms with Crippen molar-refractivity contribution in [1.29, 1.82) is 0 Å². The molecule has 0 saturated carbocycles. The number of benzene rings is 2. The van der Waals surface area contributed by atoms with Crippen molar-refractivity contribution >= 4 is 23.1 Å². The van der Waals surface area contributed by atoms with E-state index in [2.05, 4.69) is 0 Å². The van der Waals surface area contributed by atoms with Gasteiger partial charge in [-0.15, -0.1) is 0 Å². The van der Waals surface area contributed by atoms with E-state index in [0.717, 1.165) is 0 Å². The van der Waals surface area contributed by atoms with E-state index in [1.807, 2.05) is 0 Å². The standard InChI is InChI=1S/C15H14ClNO3/c1-19-13-6-4-10(8-14(13)20-2)15(18)9-3-5-12(17)11(16)7-9/h3-8H,17H2,1-2H3. The SMILES string of the molecule is COc1ccc(C(=O)c2ccc(N)c(Cl)c2)cc1OC. The molecule has 0 aromatic heterocycles. The summed E-state index contributed by atoms with van der Waals surface area (Å²) in [6.07, 6.45) is 0. The molecule has 104 valence electrons. The van der Waals surface area contributed by atoms with Crippen molar-refractivity contribution in [2.75, 3.05) is 20.0 Å². The maximum Gasteiger partial charge on any atom is 0.193 e. The second-order valence-corrected chi connectivity index (χ2v) is 4.54. The normalized spacial score (nSPS) is 10.2. The highest BCUT2D eigenvalue weighted by atomic mass is 35.5. The lowest BCUT2D eigenvalue weighted by atomic mass is 10.0. The molecule has 0 atom stereocenters.